The van der Waals surface area contributed by atoms with E-state index in [4.69, 9.17) is 9.47 Å². The maximum atomic E-state index is 11.1. The van der Waals surface area contributed by atoms with E-state index in [0.29, 0.717) is 11.3 Å². The first-order valence-corrected chi connectivity index (χ1v) is 11.8. The van der Waals surface area contributed by atoms with Gasteiger partial charge in [0.05, 0.1) is 14.2 Å². The van der Waals surface area contributed by atoms with E-state index in [9.17, 15) is 15.3 Å². The molecule has 0 aliphatic rings. The van der Waals surface area contributed by atoms with Crippen LogP contribution < -0.4 is 9.47 Å². The average Bonchev–Trinajstić information content (AvgIpc) is 2.93. The number of hydrogen-bond acceptors (Lipinski definition) is 5. The van der Waals surface area contributed by atoms with Crippen LogP contribution in [0.3, 0.4) is 0 Å². The number of para-hydroxylation sites is 1. The maximum Gasteiger partial charge on any atom is 0.127 e. The molecule has 37 heavy (non-hydrogen) atoms. The summed E-state index contributed by atoms with van der Waals surface area (Å²) in [7, 11) is 3.24. The molecule has 0 amide bonds. The Bertz CT molecular complexity index is 1550. The summed E-state index contributed by atoms with van der Waals surface area (Å²) in [5, 5.41) is 31.4. The summed E-state index contributed by atoms with van der Waals surface area (Å²) in [4.78, 5) is 0. The van der Waals surface area contributed by atoms with Crippen molar-refractivity contribution in [3.05, 3.63) is 103 Å². The fourth-order valence-corrected chi connectivity index (χ4v) is 4.65. The maximum absolute atomic E-state index is 11.1. The minimum Gasteiger partial charge on any atom is -0.508 e. The molecule has 5 aromatic carbocycles. The van der Waals surface area contributed by atoms with E-state index in [-0.39, 0.29) is 17.2 Å². The molecule has 5 heteroatoms. The molecule has 5 nitrogen and oxygen atoms in total. The van der Waals surface area contributed by atoms with Gasteiger partial charge in [0.25, 0.3) is 0 Å². The Balaban J connectivity index is 1.97. The number of phenolic OH excluding ortho intramolecular Hbond substituents is 3. The third kappa shape index (κ3) is 4.55. The van der Waals surface area contributed by atoms with Gasteiger partial charge in [0.15, 0.2) is 0 Å². The van der Waals surface area contributed by atoms with Gasteiger partial charge in [0, 0.05) is 16.7 Å². The van der Waals surface area contributed by atoms with Crippen LogP contribution in [0, 0.1) is 0 Å². The second-order valence-electron chi connectivity index (χ2n) is 8.59. The van der Waals surface area contributed by atoms with Gasteiger partial charge in [-0.1, -0.05) is 54.6 Å². The lowest BCUT2D eigenvalue weighted by Gasteiger charge is -2.24. The molecule has 0 aliphatic heterocycles. The highest BCUT2D eigenvalue weighted by Gasteiger charge is 2.25. The summed E-state index contributed by atoms with van der Waals surface area (Å²) in [5.74, 6) is 1.73. The number of benzene rings is 5. The first-order chi connectivity index (χ1) is 18.0. The first kappa shape index (κ1) is 23.8. The summed E-state index contributed by atoms with van der Waals surface area (Å²) in [6, 6.07) is 30.7. The summed E-state index contributed by atoms with van der Waals surface area (Å²) in [5.41, 5.74) is 6.24. The van der Waals surface area contributed by atoms with Crippen LogP contribution in [0.2, 0.25) is 0 Å². The largest absolute Gasteiger partial charge is 0.508 e. The molecule has 0 heterocycles. The Kier molecular flexibility index (Phi) is 6.43. The molecule has 0 atom stereocenters. The lowest BCUT2D eigenvalue weighted by atomic mass is 9.82. The molecule has 0 saturated carbocycles. The van der Waals surface area contributed by atoms with E-state index in [1.54, 1.807) is 56.7 Å². The number of hydrogen-bond donors (Lipinski definition) is 3. The zero-order valence-corrected chi connectivity index (χ0v) is 20.5. The second kappa shape index (κ2) is 9.99. The fourth-order valence-electron chi connectivity index (χ4n) is 4.65. The Morgan fingerprint density at radius 1 is 0.486 bits per heavy atom. The van der Waals surface area contributed by atoms with Crippen LogP contribution in [0.25, 0.3) is 44.5 Å². The molecule has 5 rings (SSSR count). The predicted octanol–water partition coefficient (Wildman–Crippen LogP) is 7.49. The average molecular weight is 491 g/mol. The van der Waals surface area contributed by atoms with Crippen molar-refractivity contribution in [1.82, 2.24) is 0 Å². The van der Waals surface area contributed by atoms with Gasteiger partial charge in [0.2, 0.25) is 0 Å². The number of aromatic hydroxyl groups is 3. The molecule has 0 aliphatic carbocycles. The van der Waals surface area contributed by atoms with Crippen LogP contribution in [0.5, 0.6) is 28.7 Å². The first-order valence-electron chi connectivity index (χ1n) is 11.8. The highest BCUT2D eigenvalue weighted by atomic mass is 16.5. The van der Waals surface area contributed by atoms with E-state index in [2.05, 4.69) is 0 Å². The number of ether oxygens (including phenoxy) is 2. The lowest BCUT2D eigenvalue weighted by Crippen LogP contribution is -1.99. The van der Waals surface area contributed by atoms with Crippen LogP contribution in [-0.2, 0) is 0 Å². The van der Waals surface area contributed by atoms with E-state index in [1.807, 2.05) is 60.7 Å². The Morgan fingerprint density at radius 3 is 1.84 bits per heavy atom. The summed E-state index contributed by atoms with van der Waals surface area (Å²) < 4.78 is 11.3. The van der Waals surface area contributed by atoms with Crippen molar-refractivity contribution in [2.45, 2.75) is 0 Å². The van der Waals surface area contributed by atoms with Crippen LogP contribution in [0.1, 0.15) is 0 Å². The smallest absolute Gasteiger partial charge is 0.127 e. The molecule has 0 radical (unpaired) electrons. The van der Waals surface area contributed by atoms with Gasteiger partial charge < -0.3 is 24.8 Å². The van der Waals surface area contributed by atoms with Gasteiger partial charge >= 0.3 is 0 Å². The lowest BCUT2D eigenvalue weighted by molar-refractivity contribution is 0.414. The standard InChI is InChI=1S/C32H26O5/c1-36-25-16-12-21(13-17-25)31-29(37-2)19-27(20-10-14-23(33)15-11-20)30(22-6-5-7-24(34)18-22)32(31)26-8-3-4-9-28(26)35/h3-19,33-35H,1-2H3. The molecule has 0 spiro atoms. The van der Waals surface area contributed by atoms with Crippen molar-refractivity contribution < 1.29 is 24.8 Å². The number of phenols is 3. The molecule has 0 unspecified atom stereocenters. The third-order valence-electron chi connectivity index (χ3n) is 6.38. The molecular formula is C32H26O5. The molecule has 0 bridgehead atoms. The van der Waals surface area contributed by atoms with Gasteiger partial charge in [-0.15, -0.1) is 0 Å². The van der Waals surface area contributed by atoms with Gasteiger partial charge in [-0.2, -0.15) is 0 Å². The fraction of sp³-hybridized carbons (Fsp3) is 0.0625. The van der Waals surface area contributed by atoms with Crippen LogP contribution in [0.15, 0.2) is 103 Å². The van der Waals surface area contributed by atoms with Gasteiger partial charge in [-0.05, 0) is 76.3 Å². The molecule has 0 fully saturated rings. The molecule has 0 aromatic heterocycles. The normalized spacial score (nSPS) is 10.8. The highest BCUT2D eigenvalue weighted by Crippen LogP contribution is 2.52. The summed E-state index contributed by atoms with van der Waals surface area (Å²) in [6.07, 6.45) is 0. The van der Waals surface area contributed by atoms with Crippen molar-refractivity contribution in [2.24, 2.45) is 0 Å². The second-order valence-corrected chi connectivity index (χ2v) is 8.59. The number of methoxy groups -OCH3 is 2. The Labute approximate surface area is 215 Å². The Morgan fingerprint density at radius 2 is 1.19 bits per heavy atom. The Hall–Kier alpha value is -4.90. The van der Waals surface area contributed by atoms with Gasteiger partial charge in [-0.3, -0.25) is 0 Å². The monoisotopic (exact) mass is 490 g/mol. The highest BCUT2D eigenvalue weighted by molar-refractivity contribution is 6.05. The van der Waals surface area contributed by atoms with Crippen molar-refractivity contribution >= 4 is 0 Å². The minimum absolute atomic E-state index is 0.114. The van der Waals surface area contributed by atoms with Crippen LogP contribution >= 0.6 is 0 Å². The minimum atomic E-state index is 0.114. The topological polar surface area (TPSA) is 79.2 Å². The molecular weight excluding hydrogens is 464 g/mol. The number of rotatable bonds is 6. The van der Waals surface area contributed by atoms with Crippen LogP contribution in [0.4, 0.5) is 0 Å². The van der Waals surface area contributed by atoms with E-state index >= 15 is 0 Å². The van der Waals surface area contributed by atoms with Crippen molar-refractivity contribution in [3.8, 4) is 73.3 Å². The summed E-state index contributed by atoms with van der Waals surface area (Å²) >= 11 is 0. The van der Waals surface area contributed by atoms with E-state index < -0.39 is 0 Å². The zero-order valence-electron chi connectivity index (χ0n) is 20.5. The van der Waals surface area contributed by atoms with Crippen molar-refractivity contribution in [3.63, 3.8) is 0 Å². The van der Waals surface area contributed by atoms with Crippen molar-refractivity contribution in [1.29, 1.82) is 0 Å². The van der Waals surface area contributed by atoms with E-state index in [1.165, 1.54) is 0 Å². The van der Waals surface area contributed by atoms with Crippen LogP contribution in [-0.4, -0.2) is 29.5 Å². The quantitative estimate of drug-likeness (QED) is 0.230. The van der Waals surface area contributed by atoms with Crippen molar-refractivity contribution in [2.75, 3.05) is 14.2 Å². The SMILES string of the molecule is COc1ccc(-c2c(OC)cc(-c3ccc(O)cc3)c(-c3cccc(O)c3)c2-c2ccccc2O)cc1. The molecule has 0 saturated heterocycles. The predicted molar refractivity (Wildman–Crippen MR) is 146 cm³/mol. The van der Waals surface area contributed by atoms with Gasteiger partial charge in [-0.25, -0.2) is 0 Å². The summed E-state index contributed by atoms with van der Waals surface area (Å²) in [6.45, 7) is 0. The third-order valence-corrected chi connectivity index (χ3v) is 6.38. The van der Waals surface area contributed by atoms with Gasteiger partial charge in [0.1, 0.15) is 28.7 Å². The molecule has 5 aromatic rings. The van der Waals surface area contributed by atoms with E-state index in [0.717, 1.165) is 44.7 Å². The molecule has 184 valence electrons. The zero-order chi connectivity index (χ0) is 25.9. The molecule has 3 N–H and O–H groups in total.